The fraction of sp³-hybridized carbons (Fsp3) is 0.643. The molecule has 0 aliphatic heterocycles. The minimum absolute atomic E-state index is 0.110. The second kappa shape index (κ2) is 5.90. The number of hydrogen-bond donors (Lipinski definition) is 1. The number of halogens is 3. The van der Waals surface area contributed by atoms with Crippen LogP contribution in [-0.4, -0.2) is 17.2 Å². The summed E-state index contributed by atoms with van der Waals surface area (Å²) in [6.45, 7) is 1.89. The fourth-order valence-electron chi connectivity index (χ4n) is 2.77. The van der Waals surface area contributed by atoms with E-state index in [-0.39, 0.29) is 12.5 Å². The summed E-state index contributed by atoms with van der Waals surface area (Å²) in [6.07, 6.45) is 1.62. The second-order valence-corrected chi connectivity index (χ2v) is 5.21. The zero-order valence-corrected chi connectivity index (χ0v) is 11.0. The Balaban J connectivity index is 2.04. The predicted molar refractivity (Wildman–Crippen MR) is 67.6 cm³/mol. The maximum absolute atomic E-state index is 13.0. The van der Waals surface area contributed by atoms with Crippen molar-refractivity contribution in [2.24, 2.45) is 5.92 Å². The molecule has 1 aliphatic rings. The van der Waals surface area contributed by atoms with Crippen LogP contribution < -0.4 is 5.32 Å². The molecule has 5 heteroatoms. The van der Waals surface area contributed by atoms with E-state index in [0.717, 1.165) is 12.0 Å². The van der Waals surface area contributed by atoms with Gasteiger partial charge in [0.05, 0.1) is 5.92 Å². The van der Waals surface area contributed by atoms with E-state index >= 15 is 0 Å². The Labute approximate surface area is 111 Å². The Kier molecular flexibility index (Phi) is 4.45. The molecule has 0 spiro atoms. The minimum Gasteiger partial charge on any atom is -0.307 e. The van der Waals surface area contributed by atoms with Crippen LogP contribution in [0.4, 0.5) is 13.2 Å². The molecular formula is C14H19F3N2. The zero-order valence-electron chi connectivity index (χ0n) is 11.0. The Bertz CT molecular complexity index is 391. The van der Waals surface area contributed by atoms with E-state index < -0.39 is 18.1 Å². The molecule has 0 radical (unpaired) electrons. The van der Waals surface area contributed by atoms with Crippen LogP contribution in [-0.2, 0) is 0 Å². The molecule has 2 nitrogen and oxygen atoms in total. The first-order chi connectivity index (χ1) is 8.98. The molecule has 3 atom stereocenters. The van der Waals surface area contributed by atoms with Crippen molar-refractivity contribution in [1.82, 2.24) is 10.3 Å². The summed E-state index contributed by atoms with van der Waals surface area (Å²) in [5.41, 5.74) is 0.925. The average Bonchev–Trinajstić information content (AvgIpc) is 2.39. The smallest absolute Gasteiger partial charge is 0.307 e. The van der Waals surface area contributed by atoms with Gasteiger partial charge in [-0.25, -0.2) is 0 Å². The van der Waals surface area contributed by atoms with Crippen molar-refractivity contribution in [3.05, 3.63) is 30.1 Å². The third-order valence-corrected chi connectivity index (χ3v) is 3.83. The van der Waals surface area contributed by atoms with Crippen molar-refractivity contribution in [2.75, 3.05) is 0 Å². The van der Waals surface area contributed by atoms with Crippen LogP contribution in [0.5, 0.6) is 0 Å². The average molecular weight is 272 g/mol. The first-order valence-corrected chi connectivity index (χ1v) is 6.71. The summed E-state index contributed by atoms with van der Waals surface area (Å²) in [7, 11) is 0. The molecule has 1 aromatic rings. The standard InChI is InChI=1S/C14H19F3N2/c1-10(11-5-4-8-18-9-11)19-13-7-3-2-6-12(13)14(15,16)17/h4-5,8-10,12-13,19H,2-3,6-7H2,1H3/t10-,12?,13?/m0/s1. The third kappa shape index (κ3) is 3.69. The molecule has 1 N–H and O–H groups in total. The van der Waals surface area contributed by atoms with Gasteiger partial charge in [0.1, 0.15) is 0 Å². The number of aromatic nitrogens is 1. The topological polar surface area (TPSA) is 24.9 Å². The Hall–Kier alpha value is -1.10. The van der Waals surface area contributed by atoms with Crippen LogP contribution >= 0.6 is 0 Å². The molecule has 1 aliphatic carbocycles. The second-order valence-electron chi connectivity index (χ2n) is 5.21. The van der Waals surface area contributed by atoms with Crippen LogP contribution in [0.1, 0.15) is 44.2 Å². The van der Waals surface area contributed by atoms with Crippen LogP contribution in [0.2, 0.25) is 0 Å². The van der Waals surface area contributed by atoms with E-state index in [0.29, 0.717) is 12.8 Å². The number of pyridine rings is 1. The molecule has 1 saturated carbocycles. The lowest BCUT2D eigenvalue weighted by Crippen LogP contribution is -2.46. The van der Waals surface area contributed by atoms with Crippen molar-refractivity contribution in [3.63, 3.8) is 0 Å². The molecule has 1 aromatic heterocycles. The zero-order chi connectivity index (χ0) is 13.9. The summed E-state index contributed by atoms with van der Waals surface area (Å²) in [5.74, 6) is -1.22. The van der Waals surface area contributed by atoms with Gasteiger partial charge in [0.25, 0.3) is 0 Å². The van der Waals surface area contributed by atoms with Crippen LogP contribution in [0.15, 0.2) is 24.5 Å². The highest BCUT2D eigenvalue weighted by Crippen LogP contribution is 2.38. The summed E-state index contributed by atoms with van der Waals surface area (Å²) in [4.78, 5) is 4.00. The Morgan fingerprint density at radius 3 is 2.68 bits per heavy atom. The Morgan fingerprint density at radius 2 is 2.05 bits per heavy atom. The molecule has 2 unspecified atom stereocenters. The van der Waals surface area contributed by atoms with Gasteiger partial charge in [0.15, 0.2) is 0 Å². The molecule has 0 amide bonds. The lowest BCUT2D eigenvalue weighted by atomic mass is 9.83. The highest BCUT2D eigenvalue weighted by atomic mass is 19.4. The molecule has 2 rings (SSSR count). The number of nitrogens with zero attached hydrogens (tertiary/aromatic N) is 1. The van der Waals surface area contributed by atoms with Gasteiger partial charge in [0, 0.05) is 24.5 Å². The lowest BCUT2D eigenvalue weighted by Gasteiger charge is -2.35. The van der Waals surface area contributed by atoms with E-state index in [4.69, 9.17) is 0 Å². The van der Waals surface area contributed by atoms with Gasteiger partial charge in [-0.1, -0.05) is 18.9 Å². The maximum Gasteiger partial charge on any atom is 0.393 e. The monoisotopic (exact) mass is 272 g/mol. The summed E-state index contributed by atoms with van der Waals surface area (Å²) in [6, 6.07) is 3.09. The number of nitrogens with one attached hydrogen (secondary N) is 1. The van der Waals surface area contributed by atoms with Gasteiger partial charge < -0.3 is 5.32 Å². The van der Waals surface area contributed by atoms with Crippen molar-refractivity contribution >= 4 is 0 Å². The van der Waals surface area contributed by atoms with Crippen molar-refractivity contribution in [2.45, 2.75) is 50.9 Å². The third-order valence-electron chi connectivity index (χ3n) is 3.83. The van der Waals surface area contributed by atoms with E-state index in [2.05, 4.69) is 10.3 Å². The molecule has 19 heavy (non-hydrogen) atoms. The first-order valence-electron chi connectivity index (χ1n) is 6.71. The van der Waals surface area contributed by atoms with Gasteiger partial charge in [-0.3, -0.25) is 4.98 Å². The van der Waals surface area contributed by atoms with E-state index in [9.17, 15) is 13.2 Å². The van der Waals surface area contributed by atoms with E-state index in [1.165, 1.54) is 0 Å². The molecule has 0 bridgehead atoms. The van der Waals surface area contributed by atoms with Crippen LogP contribution in [0.25, 0.3) is 0 Å². The van der Waals surface area contributed by atoms with Crippen molar-refractivity contribution in [3.8, 4) is 0 Å². The molecule has 1 fully saturated rings. The largest absolute Gasteiger partial charge is 0.393 e. The van der Waals surface area contributed by atoms with Gasteiger partial charge in [0.2, 0.25) is 0 Å². The molecule has 0 aromatic carbocycles. The van der Waals surface area contributed by atoms with Gasteiger partial charge in [-0.2, -0.15) is 13.2 Å². The predicted octanol–water partition coefficient (Wildman–Crippen LogP) is 3.85. The molecule has 106 valence electrons. The van der Waals surface area contributed by atoms with Gasteiger partial charge in [-0.15, -0.1) is 0 Å². The lowest BCUT2D eigenvalue weighted by molar-refractivity contribution is -0.189. The number of alkyl halides is 3. The molecular weight excluding hydrogens is 253 g/mol. The fourth-order valence-corrected chi connectivity index (χ4v) is 2.77. The summed E-state index contributed by atoms with van der Waals surface area (Å²) < 4.78 is 39.0. The van der Waals surface area contributed by atoms with Crippen molar-refractivity contribution in [1.29, 1.82) is 0 Å². The normalized spacial score (nSPS) is 26.1. The minimum atomic E-state index is -4.10. The summed E-state index contributed by atoms with van der Waals surface area (Å²) in [5, 5.41) is 3.13. The highest BCUT2D eigenvalue weighted by molar-refractivity contribution is 5.13. The number of rotatable bonds is 3. The molecule has 0 saturated heterocycles. The van der Waals surface area contributed by atoms with Gasteiger partial charge >= 0.3 is 6.18 Å². The highest BCUT2D eigenvalue weighted by Gasteiger charge is 2.45. The molecule has 1 heterocycles. The van der Waals surface area contributed by atoms with Gasteiger partial charge in [-0.05, 0) is 31.4 Å². The maximum atomic E-state index is 13.0. The quantitative estimate of drug-likeness (QED) is 0.904. The SMILES string of the molecule is C[C@H](NC1CCCCC1C(F)(F)F)c1cccnc1. The summed E-state index contributed by atoms with van der Waals surface area (Å²) >= 11 is 0. The van der Waals surface area contributed by atoms with Crippen molar-refractivity contribution < 1.29 is 13.2 Å². The van der Waals surface area contributed by atoms with Crippen LogP contribution in [0, 0.1) is 5.92 Å². The first kappa shape index (κ1) is 14.3. The Morgan fingerprint density at radius 1 is 1.32 bits per heavy atom. The van der Waals surface area contributed by atoms with Crippen LogP contribution in [0.3, 0.4) is 0 Å². The number of hydrogen-bond acceptors (Lipinski definition) is 2. The van der Waals surface area contributed by atoms with E-state index in [1.807, 2.05) is 13.0 Å². The van der Waals surface area contributed by atoms with E-state index in [1.54, 1.807) is 18.5 Å².